The van der Waals surface area contributed by atoms with Crippen LogP contribution in [0.4, 0.5) is 11.8 Å². The Morgan fingerprint density at radius 3 is 2.80 bits per heavy atom. The summed E-state index contributed by atoms with van der Waals surface area (Å²) in [5, 5.41) is 12.8. The zero-order chi connectivity index (χ0) is 17.5. The summed E-state index contributed by atoms with van der Waals surface area (Å²) in [5.41, 5.74) is 1.11. The van der Waals surface area contributed by atoms with E-state index >= 15 is 0 Å². The molecular weight excluding hydrogens is 314 g/mol. The lowest BCUT2D eigenvalue weighted by molar-refractivity contribution is 0.120. The van der Waals surface area contributed by atoms with E-state index in [2.05, 4.69) is 28.1 Å². The van der Waals surface area contributed by atoms with Crippen LogP contribution < -0.4 is 10.2 Å². The van der Waals surface area contributed by atoms with E-state index in [1.54, 1.807) is 0 Å². The standard InChI is InChI=1S/C19H33N5O/c1-2-17-13-18(22-19(21-17)24-11-3-4-12-24)20-8-6-10-23-9-5-7-16(14-23)15-25/h13,16,25H,2-12,14-15H2,1H3,(H,20,21,22). The summed E-state index contributed by atoms with van der Waals surface area (Å²) in [6.07, 6.45) is 6.91. The predicted octanol–water partition coefficient (Wildman–Crippen LogP) is 2.15. The normalized spacial score (nSPS) is 21.7. The monoisotopic (exact) mass is 347 g/mol. The molecule has 2 aliphatic rings. The van der Waals surface area contributed by atoms with Gasteiger partial charge >= 0.3 is 0 Å². The van der Waals surface area contributed by atoms with Gasteiger partial charge in [-0.25, -0.2) is 4.98 Å². The van der Waals surface area contributed by atoms with Gasteiger partial charge in [-0.05, 0) is 57.5 Å². The van der Waals surface area contributed by atoms with Crippen molar-refractivity contribution in [3.8, 4) is 0 Å². The molecule has 0 bridgehead atoms. The molecule has 1 unspecified atom stereocenters. The number of aliphatic hydroxyl groups excluding tert-OH is 1. The molecule has 3 rings (SSSR count). The van der Waals surface area contributed by atoms with Crippen LogP contribution in [0.2, 0.25) is 0 Å². The van der Waals surface area contributed by atoms with Gasteiger partial charge in [0.15, 0.2) is 0 Å². The van der Waals surface area contributed by atoms with Gasteiger partial charge < -0.3 is 20.2 Å². The summed E-state index contributed by atoms with van der Waals surface area (Å²) < 4.78 is 0. The van der Waals surface area contributed by atoms with Crippen molar-refractivity contribution in [2.24, 2.45) is 5.92 Å². The SMILES string of the molecule is CCc1cc(NCCCN2CCCC(CO)C2)nc(N2CCCC2)n1. The number of likely N-dealkylation sites (tertiary alicyclic amines) is 1. The van der Waals surface area contributed by atoms with Crippen LogP contribution in [0.5, 0.6) is 0 Å². The Morgan fingerprint density at radius 1 is 1.20 bits per heavy atom. The van der Waals surface area contributed by atoms with Crippen LogP contribution in [0.15, 0.2) is 6.07 Å². The Kier molecular flexibility index (Phi) is 6.87. The fraction of sp³-hybridized carbons (Fsp3) is 0.789. The zero-order valence-corrected chi connectivity index (χ0v) is 15.6. The number of aliphatic hydroxyl groups is 1. The Morgan fingerprint density at radius 2 is 2.04 bits per heavy atom. The molecule has 0 spiro atoms. The van der Waals surface area contributed by atoms with Crippen LogP contribution in [-0.2, 0) is 6.42 Å². The number of nitrogens with zero attached hydrogens (tertiary/aromatic N) is 4. The van der Waals surface area contributed by atoms with E-state index in [9.17, 15) is 5.11 Å². The second-order valence-corrected chi connectivity index (χ2v) is 7.36. The number of aromatic nitrogens is 2. The Balaban J connectivity index is 1.48. The van der Waals surface area contributed by atoms with Crippen LogP contribution in [0.3, 0.4) is 0 Å². The first kappa shape index (κ1) is 18.4. The van der Waals surface area contributed by atoms with E-state index in [1.165, 1.54) is 32.2 Å². The van der Waals surface area contributed by atoms with Crippen molar-refractivity contribution in [3.05, 3.63) is 11.8 Å². The average Bonchev–Trinajstić information content (AvgIpc) is 3.20. The second-order valence-electron chi connectivity index (χ2n) is 7.36. The molecule has 0 amide bonds. The number of hydrogen-bond acceptors (Lipinski definition) is 6. The van der Waals surface area contributed by atoms with Gasteiger partial charge in [-0.3, -0.25) is 0 Å². The molecule has 140 valence electrons. The van der Waals surface area contributed by atoms with E-state index in [0.717, 1.165) is 63.0 Å². The highest BCUT2D eigenvalue weighted by molar-refractivity contribution is 5.44. The van der Waals surface area contributed by atoms with E-state index in [1.807, 2.05) is 0 Å². The minimum atomic E-state index is 0.328. The summed E-state index contributed by atoms with van der Waals surface area (Å²) >= 11 is 0. The molecule has 0 aliphatic carbocycles. The van der Waals surface area contributed by atoms with Crippen LogP contribution in [0.1, 0.15) is 44.7 Å². The maximum absolute atomic E-state index is 9.34. The van der Waals surface area contributed by atoms with E-state index < -0.39 is 0 Å². The lowest BCUT2D eigenvalue weighted by Gasteiger charge is -2.31. The molecule has 1 aromatic heterocycles. The third-order valence-electron chi connectivity index (χ3n) is 5.34. The van der Waals surface area contributed by atoms with Crippen LogP contribution in [0.25, 0.3) is 0 Å². The van der Waals surface area contributed by atoms with Crippen molar-refractivity contribution in [2.45, 2.75) is 45.4 Å². The Labute approximate surface area is 151 Å². The second kappa shape index (κ2) is 9.34. The first-order valence-corrected chi connectivity index (χ1v) is 9.98. The number of rotatable bonds is 8. The van der Waals surface area contributed by atoms with Gasteiger partial charge in [0, 0.05) is 44.5 Å². The van der Waals surface area contributed by atoms with Gasteiger partial charge in [0.05, 0.1) is 0 Å². The smallest absolute Gasteiger partial charge is 0.227 e. The molecule has 2 fully saturated rings. The first-order chi connectivity index (χ1) is 12.3. The number of anilines is 2. The Hall–Kier alpha value is -1.40. The molecule has 2 aliphatic heterocycles. The molecule has 2 N–H and O–H groups in total. The molecule has 3 heterocycles. The third-order valence-corrected chi connectivity index (χ3v) is 5.34. The van der Waals surface area contributed by atoms with Crippen molar-refractivity contribution in [2.75, 3.05) is 56.1 Å². The average molecular weight is 348 g/mol. The molecule has 1 aromatic rings. The number of piperidine rings is 1. The summed E-state index contributed by atoms with van der Waals surface area (Å²) in [6.45, 7) is 8.87. The fourth-order valence-electron chi connectivity index (χ4n) is 3.84. The fourth-order valence-corrected chi connectivity index (χ4v) is 3.84. The van der Waals surface area contributed by atoms with Gasteiger partial charge in [0.1, 0.15) is 5.82 Å². The van der Waals surface area contributed by atoms with Crippen LogP contribution >= 0.6 is 0 Å². The van der Waals surface area contributed by atoms with E-state index in [4.69, 9.17) is 9.97 Å². The first-order valence-electron chi connectivity index (χ1n) is 9.98. The minimum Gasteiger partial charge on any atom is -0.396 e. The zero-order valence-electron chi connectivity index (χ0n) is 15.6. The lowest BCUT2D eigenvalue weighted by atomic mass is 9.99. The summed E-state index contributed by atoms with van der Waals surface area (Å²) in [6, 6.07) is 2.09. The molecular formula is C19H33N5O. The number of aryl methyl sites for hydroxylation is 1. The summed E-state index contributed by atoms with van der Waals surface area (Å²) in [5.74, 6) is 2.32. The van der Waals surface area contributed by atoms with E-state index in [-0.39, 0.29) is 0 Å². The number of hydrogen-bond donors (Lipinski definition) is 2. The maximum atomic E-state index is 9.34. The molecule has 0 aromatic carbocycles. The number of nitrogens with one attached hydrogen (secondary N) is 1. The van der Waals surface area contributed by atoms with Gasteiger partial charge in [0.25, 0.3) is 0 Å². The lowest BCUT2D eigenvalue weighted by Crippen LogP contribution is -2.37. The molecule has 2 saturated heterocycles. The third kappa shape index (κ3) is 5.28. The van der Waals surface area contributed by atoms with E-state index in [0.29, 0.717) is 12.5 Å². The van der Waals surface area contributed by atoms with Crippen molar-refractivity contribution in [1.82, 2.24) is 14.9 Å². The molecule has 0 radical (unpaired) electrons. The molecule has 0 saturated carbocycles. The Bertz CT molecular complexity index is 533. The highest BCUT2D eigenvalue weighted by Gasteiger charge is 2.19. The van der Waals surface area contributed by atoms with Gasteiger partial charge in [-0.15, -0.1) is 0 Å². The van der Waals surface area contributed by atoms with Gasteiger partial charge in [-0.1, -0.05) is 6.92 Å². The maximum Gasteiger partial charge on any atom is 0.227 e. The summed E-state index contributed by atoms with van der Waals surface area (Å²) in [7, 11) is 0. The largest absolute Gasteiger partial charge is 0.396 e. The van der Waals surface area contributed by atoms with Gasteiger partial charge in [-0.2, -0.15) is 4.98 Å². The molecule has 25 heavy (non-hydrogen) atoms. The van der Waals surface area contributed by atoms with Crippen molar-refractivity contribution >= 4 is 11.8 Å². The van der Waals surface area contributed by atoms with Gasteiger partial charge in [0.2, 0.25) is 5.95 Å². The minimum absolute atomic E-state index is 0.328. The van der Waals surface area contributed by atoms with Crippen LogP contribution in [0, 0.1) is 5.92 Å². The van der Waals surface area contributed by atoms with Crippen molar-refractivity contribution in [1.29, 1.82) is 0 Å². The molecule has 6 heteroatoms. The highest BCUT2D eigenvalue weighted by atomic mass is 16.3. The van der Waals surface area contributed by atoms with Crippen molar-refractivity contribution < 1.29 is 5.11 Å². The highest BCUT2D eigenvalue weighted by Crippen LogP contribution is 2.19. The van der Waals surface area contributed by atoms with Crippen molar-refractivity contribution in [3.63, 3.8) is 0 Å². The molecule has 6 nitrogen and oxygen atoms in total. The molecule has 1 atom stereocenters. The summed E-state index contributed by atoms with van der Waals surface area (Å²) in [4.78, 5) is 14.2. The predicted molar refractivity (Wildman–Crippen MR) is 102 cm³/mol. The quantitative estimate of drug-likeness (QED) is 0.703. The van der Waals surface area contributed by atoms with Crippen LogP contribution in [-0.4, -0.2) is 65.8 Å². The topological polar surface area (TPSA) is 64.5 Å².